The van der Waals surface area contributed by atoms with E-state index in [2.05, 4.69) is 0 Å². The summed E-state index contributed by atoms with van der Waals surface area (Å²) in [5.74, 6) is -0.339. The Morgan fingerprint density at radius 1 is 1.03 bits per heavy atom. The molecule has 0 atom stereocenters. The van der Waals surface area contributed by atoms with Crippen LogP contribution >= 0.6 is 11.6 Å². The Bertz CT molecular complexity index is 1030. The molecular weight excluding hydrogens is 422 g/mol. The summed E-state index contributed by atoms with van der Waals surface area (Å²) in [6.45, 7) is 5.42. The molecule has 8 heteroatoms. The lowest BCUT2D eigenvalue weighted by Gasteiger charge is -2.13. The number of benzene rings is 2. The van der Waals surface area contributed by atoms with E-state index in [1.165, 1.54) is 12.1 Å². The molecule has 0 aliphatic carbocycles. The smallest absolute Gasteiger partial charge is 0.349 e. The average molecular weight is 444 g/mol. The van der Waals surface area contributed by atoms with Gasteiger partial charge in [0.25, 0.3) is 0 Å². The predicted molar refractivity (Wildman–Crippen MR) is 115 cm³/mol. The van der Waals surface area contributed by atoms with E-state index in [4.69, 9.17) is 30.5 Å². The Kier molecular flexibility index (Phi) is 8.92. The lowest BCUT2D eigenvalue weighted by molar-refractivity contribution is -0.138. The molecule has 2 aromatic carbocycles. The number of esters is 2. The standard InChI is InChI=1S/C23H22ClNO6/c1-4-28-21-12-16(11-17(13-25)23(27)29-5-2)6-8-20(21)31-22(26)14-30-19-9-7-18(24)10-15(19)3/h6-12H,4-5,14H2,1-3H3/b17-11+. The number of nitrogens with zero attached hydrogens (tertiary/aromatic N) is 1. The highest BCUT2D eigenvalue weighted by atomic mass is 35.5. The second-order valence-corrected chi connectivity index (χ2v) is 6.64. The second-order valence-electron chi connectivity index (χ2n) is 6.20. The molecule has 0 amide bonds. The second kappa shape index (κ2) is 11.6. The highest BCUT2D eigenvalue weighted by Crippen LogP contribution is 2.30. The van der Waals surface area contributed by atoms with Crippen molar-refractivity contribution in [1.29, 1.82) is 5.26 Å². The molecule has 0 unspecified atom stereocenters. The number of rotatable bonds is 9. The largest absolute Gasteiger partial charge is 0.490 e. The summed E-state index contributed by atoms with van der Waals surface area (Å²) in [6.07, 6.45) is 1.37. The van der Waals surface area contributed by atoms with Gasteiger partial charge in [-0.05, 0) is 68.3 Å². The van der Waals surface area contributed by atoms with Gasteiger partial charge in [-0.25, -0.2) is 9.59 Å². The molecular formula is C23H22ClNO6. The van der Waals surface area contributed by atoms with Crippen molar-refractivity contribution in [3.63, 3.8) is 0 Å². The van der Waals surface area contributed by atoms with E-state index in [-0.39, 0.29) is 30.3 Å². The third kappa shape index (κ3) is 7.05. The van der Waals surface area contributed by atoms with Gasteiger partial charge in [0.15, 0.2) is 18.1 Å². The molecule has 0 fully saturated rings. The van der Waals surface area contributed by atoms with Gasteiger partial charge >= 0.3 is 11.9 Å². The van der Waals surface area contributed by atoms with Gasteiger partial charge in [0, 0.05) is 5.02 Å². The van der Waals surface area contributed by atoms with Crippen LogP contribution in [0.3, 0.4) is 0 Å². The molecule has 0 saturated carbocycles. The van der Waals surface area contributed by atoms with E-state index in [0.29, 0.717) is 22.9 Å². The van der Waals surface area contributed by atoms with Gasteiger partial charge in [-0.2, -0.15) is 5.26 Å². The normalized spacial score (nSPS) is 10.7. The first-order valence-electron chi connectivity index (χ1n) is 9.53. The lowest BCUT2D eigenvalue weighted by Crippen LogP contribution is -2.18. The van der Waals surface area contributed by atoms with Crippen LogP contribution in [0, 0.1) is 18.3 Å². The Morgan fingerprint density at radius 3 is 2.42 bits per heavy atom. The summed E-state index contributed by atoms with van der Waals surface area (Å²) in [6, 6.07) is 11.5. The average Bonchev–Trinajstić information content (AvgIpc) is 2.73. The van der Waals surface area contributed by atoms with E-state index in [1.807, 2.05) is 13.0 Å². The summed E-state index contributed by atoms with van der Waals surface area (Å²) < 4.78 is 21.2. The van der Waals surface area contributed by atoms with Crippen LogP contribution in [0.1, 0.15) is 25.0 Å². The van der Waals surface area contributed by atoms with Crippen LogP contribution in [0.25, 0.3) is 6.08 Å². The van der Waals surface area contributed by atoms with Crippen LogP contribution in [0.5, 0.6) is 17.2 Å². The van der Waals surface area contributed by atoms with Gasteiger partial charge in [-0.15, -0.1) is 0 Å². The molecule has 0 N–H and O–H groups in total. The fourth-order valence-electron chi connectivity index (χ4n) is 2.54. The van der Waals surface area contributed by atoms with Crippen LogP contribution in [0.15, 0.2) is 42.0 Å². The van der Waals surface area contributed by atoms with Crippen LogP contribution in [0.4, 0.5) is 0 Å². The first kappa shape index (κ1) is 23.8. The van der Waals surface area contributed by atoms with Crippen molar-refractivity contribution >= 4 is 29.6 Å². The number of hydrogen-bond acceptors (Lipinski definition) is 7. The molecule has 2 aromatic rings. The molecule has 162 valence electrons. The molecule has 0 saturated heterocycles. The maximum absolute atomic E-state index is 12.2. The zero-order valence-corrected chi connectivity index (χ0v) is 18.2. The zero-order valence-electron chi connectivity index (χ0n) is 17.4. The minimum Gasteiger partial charge on any atom is -0.490 e. The predicted octanol–water partition coefficient (Wildman–Crippen LogP) is 4.50. The fraction of sp³-hybridized carbons (Fsp3) is 0.261. The maximum Gasteiger partial charge on any atom is 0.349 e. The number of carbonyl (C=O) groups is 2. The molecule has 7 nitrogen and oxygen atoms in total. The number of ether oxygens (including phenoxy) is 4. The highest BCUT2D eigenvalue weighted by Gasteiger charge is 2.14. The zero-order chi connectivity index (χ0) is 22.8. The van der Waals surface area contributed by atoms with Gasteiger partial charge in [-0.1, -0.05) is 17.7 Å². The number of aryl methyl sites for hydroxylation is 1. The van der Waals surface area contributed by atoms with Crippen molar-refractivity contribution in [1.82, 2.24) is 0 Å². The highest BCUT2D eigenvalue weighted by molar-refractivity contribution is 6.30. The van der Waals surface area contributed by atoms with Crippen LogP contribution in [-0.2, 0) is 14.3 Å². The summed E-state index contributed by atoms with van der Waals surface area (Å²) in [4.78, 5) is 24.0. The first-order valence-corrected chi connectivity index (χ1v) is 9.91. The van der Waals surface area contributed by atoms with E-state index >= 15 is 0 Å². The van der Waals surface area contributed by atoms with E-state index in [1.54, 1.807) is 44.2 Å². The molecule has 0 spiro atoms. The van der Waals surface area contributed by atoms with Crippen LogP contribution < -0.4 is 14.2 Å². The summed E-state index contributed by atoms with van der Waals surface area (Å²) in [7, 11) is 0. The summed E-state index contributed by atoms with van der Waals surface area (Å²) in [5.41, 5.74) is 1.16. The van der Waals surface area contributed by atoms with Gasteiger partial charge in [0.1, 0.15) is 17.4 Å². The minimum atomic E-state index is -0.715. The van der Waals surface area contributed by atoms with Crippen molar-refractivity contribution in [2.24, 2.45) is 0 Å². The number of carbonyl (C=O) groups excluding carboxylic acids is 2. The molecule has 0 heterocycles. The first-order chi connectivity index (χ1) is 14.9. The Morgan fingerprint density at radius 2 is 1.77 bits per heavy atom. The molecule has 0 radical (unpaired) electrons. The minimum absolute atomic E-state index is 0.152. The van der Waals surface area contributed by atoms with Gasteiger partial charge in [0.05, 0.1) is 13.2 Å². The van der Waals surface area contributed by atoms with Gasteiger partial charge in [-0.3, -0.25) is 0 Å². The Hall–Kier alpha value is -3.50. The SMILES string of the molecule is CCOC(=O)/C(C#N)=C/c1ccc(OC(=O)COc2ccc(Cl)cc2C)c(OCC)c1. The van der Waals surface area contributed by atoms with Crippen molar-refractivity contribution in [2.75, 3.05) is 19.8 Å². The van der Waals surface area contributed by atoms with Crippen LogP contribution in [0.2, 0.25) is 5.02 Å². The number of hydrogen-bond donors (Lipinski definition) is 0. The van der Waals surface area contributed by atoms with E-state index < -0.39 is 11.9 Å². The molecule has 0 aromatic heterocycles. The van der Waals surface area contributed by atoms with E-state index in [0.717, 1.165) is 5.56 Å². The third-order valence-electron chi connectivity index (χ3n) is 3.90. The quantitative estimate of drug-likeness (QED) is 0.243. The topological polar surface area (TPSA) is 94.9 Å². The monoisotopic (exact) mass is 443 g/mol. The Balaban J connectivity index is 2.14. The van der Waals surface area contributed by atoms with Gasteiger partial charge in [0.2, 0.25) is 0 Å². The molecule has 0 bridgehead atoms. The van der Waals surface area contributed by atoms with Crippen molar-refractivity contribution in [3.8, 4) is 23.3 Å². The molecule has 0 aliphatic heterocycles. The van der Waals surface area contributed by atoms with Crippen molar-refractivity contribution < 1.29 is 28.5 Å². The third-order valence-corrected chi connectivity index (χ3v) is 4.14. The molecule has 2 rings (SSSR count). The van der Waals surface area contributed by atoms with Crippen molar-refractivity contribution in [3.05, 3.63) is 58.1 Å². The van der Waals surface area contributed by atoms with E-state index in [9.17, 15) is 14.9 Å². The van der Waals surface area contributed by atoms with Crippen molar-refractivity contribution in [2.45, 2.75) is 20.8 Å². The van der Waals surface area contributed by atoms with Gasteiger partial charge < -0.3 is 18.9 Å². The molecule has 0 aliphatic rings. The Labute approximate surface area is 185 Å². The van der Waals surface area contributed by atoms with Crippen LogP contribution in [-0.4, -0.2) is 31.8 Å². The molecule has 31 heavy (non-hydrogen) atoms. The maximum atomic E-state index is 12.2. The summed E-state index contributed by atoms with van der Waals surface area (Å²) >= 11 is 5.91. The lowest BCUT2D eigenvalue weighted by atomic mass is 10.1. The fourth-order valence-corrected chi connectivity index (χ4v) is 2.77. The summed E-state index contributed by atoms with van der Waals surface area (Å²) in [5, 5.41) is 9.75. The number of halogens is 1. The number of nitriles is 1.